The Morgan fingerprint density at radius 3 is 2.75 bits per heavy atom. The predicted octanol–water partition coefficient (Wildman–Crippen LogP) is 2.58. The fourth-order valence-electron chi connectivity index (χ4n) is 2.54. The molecule has 0 radical (unpaired) electrons. The van der Waals surface area contributed by atoms with Gasteiger partial charge in [0.05, 0.1) is 6.61 Å². The zero-order chi connectivity index (χ0) is 12.1. The van der Waals surface area contributed by atoms with E-state index in [-0.39, 0.29) is 17.7 Å². The largest absolute Gasteiger partial charge is 0.465 e. The van der Waals surface area contributed by atoms with Gasteiger partial charge in [0, 0.05) is 6.42 Å². The first-order chi connectivity index (χ1) is 7.56. The van der Waals surface area contributed by atoms with Crippen LogP contribution < -0.4 is 0 Å². The molecule has 1 rings (SSSR count). The molecule has 0 spiro atoms. The van der Waals surface area contributed by atoms with Crippen LogP contribution in [0.25, 0.3) is 0 Å². The van der Waals surface area contributed by atoms with E-state index in [2.05, 4.69) is 13.8 Å². The van der Waals surface area contributed by atoms with E-state index in [1.807, 2.05) is 0 Å². The third kappa shape index (κ3) is 3.32. The Morgan fingerprint density at radius 2 is 2.19 bits per heavy atom. The SMILES string of the molecule is CCOC(=O)C1C(=O)CCCC1CC(C)C. The number of rotatable bonds is 4. The van der Waals surface area contributed by atoms with Crippen LogP contribution in [0.1, 0.15) is 46.5 Å². The van der Waals surface area contributed by atoms with Crippen molar-refractivity contribution < 1.29 is 14.3 Å². The Hall–Kier alpha value is -0.860. The number of ether oxygens (including phenoxy) is 1. The lowest BCUT2D eigenvalue weighted by Gasteiger charge is -2.29. The van der Waals surface area contributed by atoms with E-state index >= 15 is 0 Å². The highest BCUT2D eigenvalue weighted by Crippen LogP contribution is 2.33. The molecule has 0 saturated heterocycles. The summed E-state index contributed by atoms with van der Waals surface area (Å²) in [7, 11) is 0. The summed E-state index contributed by atoms with van der Waals surface area (Å²) in [6.07, 6.45) is 3.38. The van der Waals surface area contributed by atoms with Crippen molar-refractivity contribution >= 4 is 11.8 Å². The second kappa shape index (κ2) is 6.02. The van der Waals surface area contributed by atoms with E-state index < -0.39 is 5.92 Å². The molecular weight excluding hydrogens is 204 g/mol. The van der Waals surface area contributed by atoms with E-state index in [1.54, 1.807) is 6.92 Å². The van der Waals surface area contributed by atoms with Crippen molar-refractivity contribution in [3.8, 4) is 0 Å². The van der Waals surface area contributed by atoms with Gasteiger partial charge in [-0.25, -0.2) is 0 Å². The Balaban J connectivity index is 2.71. The molecule has 0 N–H and O–H groups in total. The third-order valence-corrected chi connectivity index (χ3v) is 3.13. The number of carbonyl (C=O) groups is 2. The van der Waals surface area contributed by atoms with E-state index in [0.717, 1.165) is 19.3 Å². The van der Waals surface area contributed by atoms with Crippen LogP contribution in [0.15, 0.2) is 0 Å². The number of esters is 1. The Morgan fingerprint density at radius 1 is 1.50 bits per heavy atom. The maximum absolute atomic E-state index is 11.8. The molecule has 0 amide bonds. The highest BCUT2D eigenvalue weighted by molar-refractivity contribution is 5.99. The summed E-state index contributed by atoms with van der Waals surface area (Å²) < 4.78 is 5.00. The maximum Gasteiger partial charge on any atom is 0.316 e. The predicted molar refractivity (Wildman–Crippen MR) is 61.9 cm³/mol. The number of hydrogen-bond acceptors (Lipinski definition) is 3. The molecule has 3 heteroatoms. The minimum absolute atomic E-state index is 0.0790. The lowest BCUT2D eigenvalue weighted by molar-refractivity contribution is -0.155. The molecule has 1 saturated carbocycles. The molecule has 16 heavy (non-hydrogen) atoms. The van der Waals surface area contributed by atoms with Crippen LogP contribution in [0.5, 0.6) is 0 Å². The van der Waals surface area contributed by atoms with Crippen LogP contribution in [0.3, 0.4) is 0 Å². The molecule has 1 aliphatic carbocycles. The first-order valence-electron chi connectivity index (χ1n) is 6.25. The van der Waals surface area contributed by atoms with Crippen molar-refractivity contribution in [3.63, 3.8) is 0 Å². The van der Waals surface area contributed by atoms with Gasteiger partial charge in [-0.1, -0.05) is 13.8 Å². The smallest absolute Gasteiger partial charge is 0.316 e. The van der Waals surface area contributed by atoms with Crippen molar-refractivity contribution in [3.05, 3.63) is 0 Å². The van der Waals surface area contributed by atoms with Gasteiger partial charge in [0.1, 0.15) is 11.7 Å². The summed E-state index contributed by atoms with van der Waals surface area (Å²) in [5.74, 6) is -0.00238. The molecule has 3 nitrogen and oxygen atoms in total. The fraction of sp³-hybridized carbons (Fsp3) is 0.846. The Labute approximate surface area is 97.5 Å². The normalized spacial score (nSPS) is 25.9. The molecule has 0 heterocycles. The lowest BCUT2D eigenvalue weighted by Crippen LogP contribution is -2.36. The molecule has 0 bridgehead atoms. The highest BCUT2D eigenvalue weighted by atomic mass is 16.5. The van der Waals surface area contributed by atoms with Gasteiger partial charge < -0.3 is 4.74 Å². The average molecular weight is 226 g/mol. The van der Waals surface area contributed by atoms with E-state index in [0.29, 0.717) is 18.9 Å². The number of hydrogen-bond donors (Lipinski definition) is 0. The molecule has 0 aromatic carbocycles. The summed E-state index contributed by atoms with van der Waals surface area (Å²) in [6.45, 7) is 6.39. The zero-order valence-corrected chi connectivity index (χ0v) is 10.5. The topological polar surface area (TPSA) is 43.4 Å². The van der Waals surface area contributed by atoms with Crippen molar-refractivity contribution in [2.45, 2.75) is 46.5 Å². The molecule has 1 fully saturated rings. The minimum atomic E-state index is -0.490. The van der Waals surface area contributed by atoms with Gasteiger partial charge in [-0.2, -0.15) is 0 Å². The average Bonchev–Trinajstić information content (AvgIpc) is 2.16. The minimum Gasteiger partial charge on any atom is -0.465 e. The zero-order valence-electron chi connectivity index (χ0n) is 10.5. The molecule has 92 valence electrons. The molecule has 2 unspecified atom stereocenters. The van der Waals surface area contributed by atoms with Gasteiger partial charge in [0.25, 0.3) is 0 Å². The van der Waals surface area contributed by atoms with Gasteiger partial charge in [0.15, 0.2) is 0 Å². The second-order valence-electron chi connectivity index (χ2n) is 4.98. The van der Waals surface area contributed by atoms with Gasteiger partial charge >= 0.3 is 5.97 Å². The number of Topliss-reactive ketones (excluding diaryl/α,β-unsaturated/α-hetero) is 1. The Bertz CT molecular complexity index is 258. The molecule has 2 atom stereocenters. The van der Waals surface area contributed by atoms with E-state index in [4.69, 9.17) is 4.74 Å². The summed E-state index contributed by atoms with van der Waals surface area (Å²) in [5.41, 5.74) is 0. The summed E-state index contributed by atoms with van der Waals surface area (Å²) in [4.78, 5) is 23.6. The van der Waals surface area contributed by atoms with Crippen LogP contribution >= 0.6 is 0 Å². The van der Waals surface area contributed by atoms with Crippen LogP contribution in [0, 0.1) is 17.8 Å². The molecular formula is C13H22O3. The number of ketones is 1. The Kier molecular flexibility index (Phi) is 4.97. The van der Waals surface area contributed by atoms with Gasteiger partial charge in [-0.3, -0.25) is 9.59 Å². The van der Waals surface area contributed by atoms with Crippen molar-refractivity contribution in [2.24, 2.45) is 17.8 Å². The molecule has 1 aliphatic rings. The first kappa shape index (κ1) is 13.2. The van der Waals surface area contributed by atoms with Crippen molar-refractivity contribution in [1.29, 1.82) is 0 Å². The van der Waals surface area contributed by atoms with E-state index in [9.17, 15) is 9.59 Å². The van der Waals surface area contributed by atoms with Gasteiger partial charge in [0.2, 0.25) is 0 Å². The number of carbonyl (C=O) groups excluding carboxylic acids is 2. The van der Waals surface area contributed by atoms with Crippen LogP contribution in [-0.2, 0) is 14.3 Å². The fourth-order valence-corrected chi connectivity index (χ4v) is 2.54. The third-order valence-electron chi connectivity index (χ3n) is 3.13. The van der Waals surface area contributed by atoms with Crippen LogP contribution in [0.4, 0.5) is 0 Å². The van der Waals surface area contributed by atoms with E-state index in [1.165, 1.54) is 0 Å². The quantitative estimate of drug-likeness (QED) is 0.546. The molecule has 0 aromatic rings. The summed E-state index contributed by atoms with van der Waals surface area (Å²) in [5, 5.41) is 0. The second-order valence-corrected chi connectivity index (χ2v) is 4.98. The summed E-state index contributed by atoms with van der Waals surface area (Å²) in [6, 6.07) is 0. The van der Waals surface area contributed by atoms with Crippen molar-refractivity contribution in [1.82, 2.24) is 0 Å². The highest BCUT2D eigenvalue weighted by Gasteiger charge is 2.38. The standard InChI is InChI=1S/C13H22O3/c1-4-16-13(15)12-10(8-9(2)3)6-5-7-11(12)14/h9-10,12H,4-8H2,1-3H3. The van der Waals surface area contributed by atoms with Crippen LogP contribution in [0.2, 0.25) is 0 Å². The van der Waals surface area contributed by atoms with Crippen molar-refractivity contribution in [2.75, 3.05) is 6.61 Å². The lowest BCUT2D eigenvalue weighted by atomic mass is 9.74. The van der Waals surface area contributed by atoms with Crippen LogP contribution in [-0.4, -0.2) is 18.4 Å². The summed E-state index contributed by atoms with van der Waals surface area (Å²) >= 11 is 0. The van der Waals surface area contributed by atoms with Gasteiger partial charge in [-0.05, 0) is 38.0 Å². The first-order valence-corrected chi connectivity index (χ1v) is 6.25. The monoisotopic (exact) mass is 226 g/mol. The van der Waals surface area contributed by atoms with Gasteiger partial charge in [-0.15, -0.1) is 0 Å². The molecule has 0 aliphatic heterocycles. The maximum atomic E-state index is 11.8. The molecule has 0 aromatic heterocycles.